The zero-order valence-corrected chi connectivity index (χ0v) is 10.9. The molecule has 17 heavy (non-hydrogen) atoms. The Labute approximate surface area is 107 Å². The van der Waals surface area contributed by atoms with Crippen LogP contribution in [0, 0.1) is 0 Å². The van der Waals surface area contributed by atoms with Gasteiger partial charge in [0.1, 0.15) is 5.60 Å². The number of rotatable bonds is 2. The molecular weight excluding hydrogens is 260 g/mol. The smallest absolute Gasteiger partial charge is 0.257 e. The Morgan fingerprint density at radius 3 is 2.88 bits per heavy atom. The topological polar surface area (TPSA) is 62.2 Å². The molecule has 2 rings (SSSR count). The van der Waals surface area contributed by atoms with Crippen LogP contribution < -0.4 is 5.32 Å². The van der Waals surface area contributed by atoms with E-state index in [-0.39, 0.29) is 0 Å². The molecule has 0 saturated heterocycles. The average molecular weight is 271 g/mol. The van der Waals surface area contributed by atoms with E-state index in [1.807, 2.05) is 0 Å². The van der Waals surface area contributed by atoms with Gasteiger partial charge in [-0.25, -0.2) is 4.98 Å². The number of halogens is 1. The van der Waals surface area contributed by atoms with Crippen molar-refractivity contribution in [2.75, 3.05) is 5.32 Å². The van der Waals surface area contributed by atoms with Gasteiger partial charge < -0.3 is 5.11 Å². The van der Waals surface area contributed by atoms with Crippen LogP contribution in [0.2, 0.25) is 5.02 Å². The fraction of sp³-hybridized carbons (Fsp3) is 0.273. The number of carbonyl (C=O) groups excluding carboxylic acids is 1. The monoisotopic (exact) mass is 270 g/mol. The predicted molar refractivity (Wildman–Crippen MR) is 69.6 cm³/mol. The number of aliphatic hydroxyl groups is 1. The number of nitrogens with zero attached hydrogens (tertiary/aromatic N) is 1. The Bertz CT molecular complexity index is 574. The van der Waals surface area contributed by atoms with Gasteiger partial charge in [0.15, 0.2) is 5.13 Å². The summed E-state index contributed by atoms with van der Waals surface area (Å²) in [6.45, 7) is 2.85. The highest BCUT2D eigenvalue weighted by atomic mass is 35.5. The predicted octanol–water partition coefficient (Wildman–Crippen LogP) is 2.66. The summed E-state index contributed by atoms with van der Waals surface area (Å²) in [5.41, 5.74) is -0.652. The number of hydrogen-bond acceptors (Lipinski definition) is 4. The highest BCUT2D eigenvalue weighted by Crippen LogP contribution is 2.28. The van der Waals surface area contributed by atoms with Crippen molar-refractivity contribution in [3.05, 3.63) is 23.2 Å². The van der Waals surface area contributed by atoms with Crippen molar-refractivity contribution in [1.29, 1.82) is 0 Å². The van der Waals surface area contributed by atoms with Crippen molar-refractivity contribution in [3.8, 4) is 0 Å². The first-order valence-electron chi connectivity index (χ1n) is 4.96. The minimum atomic E-state index is -1.42. The number of amides is 1. The minimum Gasteiger partial charge on any atom is -0.381 e. The Hall–Kier alpha value is -1.17. The molecule has 0 unspecified atom stereocenters. The van der Waals surface area contributed by atoms with Crippen LogP contribution in [0.1, 0.15) is 13.8 Å². The lowest BCUT2D eigenvalue weighted by molar-refractivity contribution is -0.130. The van der Waals surface area contributed by atoms with Gasteiger partial charge in [-0.15, -0.1) is 0 Å². The number of thiazole rings is 1. The Morgan fingerprint density at radius 2 is 2.24 bits per heavy atom. The van der Waals surface area contributed by atoms with Crippen LogP contribution in [0.3, 0.4) is 0 Å². The molecule has 0 atom stereocenters. The van der Waals surface area contributed by atoms with E-state index in [0.717, 1.165) is 10.2 Å². The van der Waals surface area contributed by atoms with Crippen LogP contribution in [0.5, 0.6) is 0 Å². The third-order valence-corrected chi connectivity index (χ3v) is 3.30. The lowest BCUT2D eigenvalue weighted by atomic mass is 10.1. The molecule has 0 fully saturated rings. The number of fused-ring (bicyclic) bond motifs is 1. The van der Waals surface area contributed by atoms with Crippen molar-refractivity contribution in [2.45, 2.75) is 19.4 Å². The van der Waals surface area contributed by atoms with E-state index in [1.54, 1.807) is 18.2 Å². The molecule has 0 aliphatic rings. The number of benzene rings is 1. The summed E-state index contributed by atoms with van der Waals surface area (Å²) < 4.78 is 0.892. The van der Waals surface area contributed by atoms with Gasteiger partial charge in [0.05, 0.1) is 10.2 Å². The zero-order chi connectivity index (χ0) is 12.6. The van der Waals surface area contributed by atoms with Gasteiger partial charge in [-0.1, -0.05) is 22.9 Å². The second-order valence-corrected chi connectivity index (χ2v) is 5.61. The van der Waals surface area contributed by atoms with Crippen LogP contribution in [0.4, 0.5) is 5.13 Å². The van der Waals surface area contributed by atoms with Gasteiger partial charge in [0.2, 0.25) is 0 Å². The molecule has 6 heteroatoms. The number of hydrogen-bond donors (Lipinski definition) is 2. The quantitative estimate of drug-likeness (QED) is 0.882. The second-order valence-electron chi connectivity index (χ2n) is 4.14. The molecule has 2 aromatic rings. The van der Waals surface area contributed by atoms with Crippen LogP contribution in [0.15, 0.2) is 18.2 Å². The highest BCUT2D eigenvalue weighted by molar-refractivity contribution is 7.22. The third-order valence-electron chi connectivity index (χ3n) is 2.13. The van der Waals surface area contributed by atoms with E-state index < -0.39 is 11.5 Å². The number of aromatic nitrogens is 1. The summed E-state index contributed by atoms with van der Waals surface area (Å²) in [6, 6.07) is 5.31. The first kappa shape index (κ1) is 12.3. The van der Waals surface area contributed by atoms with Gasteiger partial charge in [-0.05, 0) is 32.0 Å². The van der Waals surface area contributed by atoms with Gasteiger partial charge in [-0.2, -0.15) is 0 Å². The minimum absolute atomic E-state index is 0.453. The lowest BCUT2D eigenvalue weighted by Gasteiger charge is -2.14. The fourth-order valence-corrected chi connectivity index (χ4v) is 2.34. The number of nitrogens with one attached hydrogen (secondary N) is 1. The molecule has 2 N–H and O–H groups in total. The van der Waals surface area contributed by atoms with E-state index in [0.29, 0.717) is 10.2 Å². The van der Waals surface area contributed by atoms with Crippen molar-refractivity contribution in [3.63, 3.8) is 0 Å². The highest BCUT2D eigenvalue weighted by Gasteiger charge is 2.24. The number of carbonyl (C=O) groups is 1. The van der Waals surface area contributed by atoms with Crippen LogP contribution >= 0.6 is 22.9 Å². The molecule has 1 amide bonds. The molecule has 0 aliphatic heterocycles. The maximum Gasteiger partial charge on any atom is 0.257 e. The molecular formula is C11H11ClN2O2S. The molecule has 0 saturated carbocycles. The Kier molecular flexibility index (Phi) is 3.07. The molecule has 4 nitrogen and oxygen atoms in total. The average Bonchev–Trinajstić information content (AvgIpc) is 2.57. The molecule has 0 spiro atoms. The summed E-state index contributed by atoms with van der Waals surface area (Å²) in [5, 5.41) is 13.2. The van der Waals surface area contributed by atoms with Crippen molar-refractivity contribution < 1.29 is 9.90 Å². The van der Waals surface area contributed by atoms with Crippen molar-refractivity contribution in [2.24, 2.45) is 0 Å². The van der Waals surface area contributed by atoms with Crippen molar-refractivity contribution in [1.82, 2.24) is 4.98 Å². The molecule has 90 valence electrons. The Morgan fingerprint density at radius 1 is 1.53 bits per heavy atom. The third kappa shape index (κ3) is 2.74. The van der Waals surface area contributed by atoms with Crippen LogP contribution in [-0.4, -0.2) is 21.6 Å². The molecule has 0 bridgehead atoms. The summed E-state index contributed by atoms with van der Waals surface area (Å²) in [5.74, 6) is -0.484. The van der Waals surface area contributed by atoms with Gasteiger partial charge in [0, 0.05) is 5.02 Å². The first-order chi connectivity index (χ1) is 7.86. The molecule has 1 aromatic heterocycles. The van der Waals surface area contributed by atoms with E-state index in [9.17, 15) is 9.90 Å². The summed E-state index contributed by atoms with van der Waals surface area (Å²) in [6.07, 6.45) is 0. The van der Waals surface area contributed by atoms with Gasteiger partial charge >= 0.3 is 0 Å². The zero-order valence-electron chi connectivity index (χ0n) is 9.32. The van der Waals surface area contributed by atoms with Crippen LogP contribution in [0.25, 0.3) is 10.2 Å². The molecule has 1 heterocycles. The summed E-state index contributed by atoms with van der Waals surface area (Å²) in [4.78, 5) is 15.8. The van der Waals surface area contributed by atoms with E-state index in [1.165, 1.54) is 25.2 Å². The van der Waals surface area contributed by atoms with E-state index in [2.05, 4.69) is 10.3 Å². The molecule has 0 aliphatic carbocycles. The summed E-state index contributed by atoms with van der Waals surface area (Å²) in [7, 11) is 0. The summed E-state index contributed by atoms with van der Waals surface area (Å²) >= 11 is 7.18. The molecule has 1 aromatic carbocycles. The van der Waals surface area contributed by atoms with Crippen LogP contribution in [-0.2, 0) is 4.79 Å². The first-order valence-corrected chi connectivity index (χ1v) is 6.15. The number of anilines is 1. The second kappa shape index (κ2) is 4.25. The largest absolute Gasteiger partial charge is 0.381 e. The van der Waals surface area contributed by atoms with Crippen molar-refractivity contribution >= 4 is 44.2 Å². The maximum atomic E-state index is 11.6. The molecule has 0 radical (unpaired) electrons. The van der Waals surface area contributed by atoms with E-state index in [4.69, 9.17) is 11.6 Å². The van der Waals surface area contributed by atoms with E-state index >= 15 is 0 Å². The maximum absolute atomic E-state index is 11.6. The van der Waals surface area contributed by atoms with Gasteiger partial charge in [0.25, 0.3) is 5.91 Å². The lowest BCUT2D eigenvalue weighted by Crippen LogP contribution is -2.36. The SMILES string of the molecule is CC(C)(O)C(=O)Nc1nc2ccc(Cl)cc2s1. The standard InChI is InChI=1S/C11H11ClN2O2S/c1-11(2,16)9(15)14-10-13-7-4-3-6(12)5-8(7)17-10/h3-5,16H,1-2H3,(H,13,14,15). The Balaban J connectivity index is 2.29. The normalized spacial score (nSPS) is 11.8. The fourth-order valence-electron chi connectivity index (χ4n) is 1.20. The van der Waals surface area contributed by atoms with Gasteiger partial charge in [-0.3, -0.25) is 10.1 Å².